The van der Waals surface area contributed by atoms with Crippen LogP contribution in [0.2, 0.25) is 10.0 Å². The van der Waals surface area contributed by atoms with E-state index in [1.54, 1.807) is 6.07 Å². The van der Waals surface area contributed by atoms with Crippen LogP contribution in [-0.4, -0.2) is 41.4 Å². The van der Waals surface area contributed by atoms with Gasteiger partial charge in [0.25, 0.3) is 0 Å². The van der Waals surface area contributed by atoms with E-state index < -0.39 is 11.7 Å². The number of anilines is 3. The summed E-state index contributed by atoms with van der Waals surface area (Å²) >= 11 is 11.7. The molecule has 0 amide bonds. The molecule has 0 fully saturated rings. The molecule has 2 aromatic rings. The average Bonchev–Trinajstić information content (AvgIpc) is 2.57. The topological polar surface area (TPSA) is 79.3 Å². The van der Waals surface area contributed by atoms with Crippen LogP contribution in [0.15, 0.2) is 24.4 Å². The lowest BCUT2D eigenvalue weighted by Gasteiger charge is -2.15. The van der Waals surface area contributed by atoms with E-state index >= 15 is 0 Å². The first-order valence-corrected chi connectivity index (χ1v) is 8.15. The molecule has 0 atom stereocenters. The molecule has 2 rings (SSSR count). The molecule has 0 aliphatic heterocycles. The van der Waals surface area contributed by atoms with Crippen molar-refractivity contribution < 1.29 is 23.0 Å². The molecular weight excluding hydrogens is 396 g/mol. The molecular formula is C15H15Cl2F3N4O2. The monoisotopic (exact) mass is 410 g/mol. The first kappa shape index (κ1) is 20.5. The number of hydrogen-bond acceptors (Lipinski definition) is 6. The Labute approximate surface area is 157 Å². The molecule has 0 saturated carbocycles. The SMILES string of the molecule is OCCOCCNc1nc(Nc2ccc(Cl)c(Cl)c2)ncc1C(F)(F)F. The zero-order valence-electron chi connectivity index (χ0n) is 13.3. The number of alkyl halides is 3. The maximum absolute atomic E-state index is 13.1. The van der Waals surface area contributed by atoms with Crippen molar-refractivity contribution in [2.75, 3.05) is 37.0 Å². The number of benzene rings is 1. The highest BCUT2D eigenvalue weighted by atomic mass is 35.5. The van der Waals surface area contributed by atoms with Crippen LogP contribution in [0, 0.1) is 0 Å². The Morgan fingerprint density at radius 3 is 2.58 bits per heavy atom. The number of nitrogens with one attached hydrogen (secondary N) is 2. The lowest BCUT2D eigenvalue weighted by molar-refractivity contribution is -0.137. The second kappa shape index (κ2) is 9.22. The highest BCUT2D eigenvalue weighted by Gasteiger charge is 2.35. The van der Waals surface area contributed by atoms with Crippen molar-refractivity contribution in [3.05, 3.63) is 40.0 Å². The second-order valence-electron chi connectivity index (χ2n) is 4.97. The standard InChI is InChI=1S/C15H15Cl2F3N4O2/c16-11-2-1-9(7-12(11)17)23-14-22-8-10(15(18,19)20)13(24-14)21-3-5-26-6-4-25/h1-2,7-8,25H,3-6H2,(H2,21,22,23,24). The molecule has 1 aromatic heterocycles. The van der Waals surface area contributed by atoms with Crippen LogP contribution in [-0.2, 0) is 10.9 Å². The fourth-order valence-electron chi connectivity index (χ4n) is 1.90. The molecule has 6 nitrogen and oxygen atoms in total. The second-order valence-corrected chi connectivity index (χ2v) is 5.78. The number of rotatable bonds is 8. The van der Waals surface area contributed by atoms with Crippen LogP contribution >= 0.6 is 23.2 Å². The highest BCUT2D eigenvalue weighted by Crippen LogP contribution is 2.34. The van der Waals surface area contributed by atoms with E-state index in [9.17, 15) is 13.2 Å². The Balaban J connectivity index is 2.17. The van der Waals surface area contributed by atoms with Crippen LogP contribution in [0.25, 0.3) is 0 Å². The predicted molar refractivity (Wildman–Crippen MR) is 93.2 cm³/mol. The van der Waals surface area contributed by atoms with Gasteiger partial charge in [0, 0.05) is 18.4 Å². The van der Waals surface area contributed by atoms with Crippen molar-refractivity contribution in [3.8, 4) is 0 Å². The van der Waals surface area contributed by atoms with E-state index in [-0.39, 0.29) is 43.2 Å². The van der Waals surface area contributed by atoms with Gasteiger partial charge in [0.15, 0.2) is 0 Å². The van der Waals surface area contributed by atoms with Crippen molar-refractivity contribution in [2.24, 2.45) is 0 Å². The van der Waals surface area contributed by atoms with E-state index in [1.807, 2.05) is 0 Å². The fourth-order valence-corrected chi connectivity index (χ4v) is 2.19. The zero-order valence-corrected chi connectivity index (χ0v) is 14.8. The number of aromatic nitrogens is 2. The Morgan fingerprint density at radius 2 is 1.92 bits per heavy atom. The molecule has 0 unspecified atom stereocenters. The summed E-state index contributed by atoms with van der Waals surface area (Å²) in [5.74, 6) is -0.433. The Kier molecular flexibility index (Phi) is 7.27. The molecule has 142 valence electrons. The maximum Gasteiger partial charge on any atom is 0.421 e. The minimum atomic E-state index is -4.61. The molecule has 1 heterocycles. The first-order valence-electron chi connectivity index (χ1n) is 7.40. The van der Waals surface area contributed by atoms with Gasteiger partial charge in [0.05, 0.1) is 29.9 Å². The smallest absolute Gasteiger partial charge is 0.394 e. The van der Waals surface area contributed by atoms with Crippen molar-refractivity contribution in [2.45, 2.75) is 6.18 Å². The quantitative estimate of drug-likeness (QED) is 0.571. The van der Waals surface area contributed by atoms with Crippen LogP contribution in [0.3, 0.4) is 0 Å². The number of halogens is 5. The maximum atomic E-state index is 13.1. The third-order valence-corrected chi connectivity index (χ3v) is 3.78. The van der Waals surface area contributed by atoms with E-state index in [2.05, 4.69) is 20.6 Å². The summed E-state index contributed by atoms with van der Waals surface area (Å²) < 4.78 is 44.3. The highest BCUT2D eigenvalue weighted by molar-refractivity contribution is 6.42. The van der Waals surface area contributed by atoms with Crippen molar-refractivity contribution >= 4 is 40.7 Å². The number of nitrogens with zero attached hydrogens (tertiary/aromatic N) is 2. The lowest BCUT2D eigenvalue weighted by Crippen LogP contribution is -2.17. The van der Waals surface area contributed by atoms with Gasteiger partial charge in [-0.25, -0.2) is 4.98 Å². The van der Waals surface area contributed by atoms with Crippen LogP contribution in [0.1, 0.15) is 5.56 Å². The average molecular weight is 411 g/mol. The first-order chi connectivity index (χ1) is 12.3. The Bertz CT molecular complexity index is 747. The summed E-state index contributed by atoms with van der Waals surface area (Å²) in [5, 5.41) is 14.6. The normalized spacial score (nSPS) is 11.5. The number of aliphatic hydroxyl groups is 1. The summed E-state index contributed by atoms with van der Waals surface area (Å²) in [7, 11) is 0. The summed E-state index contributed by atoms with van der Waals surface area (Å²) in [6, 6.07) is 4.62. The lowest BCUT2D eigenvalue weighted by atomic mass is 10.3. The van der Waals surface area contributed by atoms with Gasteiger partial charge in [-0.3, -0.25) is 0 Å². The van der Waals surface area contributed by atoms with Crippen LogP contribution in [0.5, 0.6) is 0 Å². The van der Waals surface area contributed by atoms with E-state index in [4.69, 9.17) is 33.0 Å². The van der Waals surface area contributed by atoms with Crippen LogP contribution < -0.4 is 10.6 Å². The predicted octanol–water partition coefficient (Wildman–Crippen LogP) is 3.97. The molecule has 11 heteroatoms. The minimum absolute atomic E-state index is 0.0461. The van der Waals surface area contributed by atoms with E-state index in [0.29, 0.717) is 16.9 Å². The summed E-state index contributed by atoms with van der Waals surface area (Å²) in [6.07, 6.45) is -3.93. The van der Waals surface area contributed by atoms with E-state index in [0.717, 1.165) is 0 Å². The largest absolute Gasteiger partial charge is 0.421 e. The molecule has 0 spiro atoms. The number of hydrogen-bond donors (Lipinski definition) is 3. The molecule has 0 aliphatic rings. The fraction of sp³-hybridized carbons (Fsp3) is 0.333. The molecule has 0 radical (unpaired) electrons. The van der Waals surface area contributed by atoms with Crippen molar-refractivity contribution in [1.29, 1.82) is 0 Å². The number of aliphatic hydroxyl groups excluding tert-OH is 1. The third-order valence-electron chi connectivity index (χ3n) is 3.04. The molecule has 0 aliphatic carbocycles. The summed E-state index contributed by atoms with van der Waals surface area (Å²) in [5.41, 5.74) is -0.532. The van der Waals surface area contributed by atoms with Gasteiger partial charge in [0.1, 0.15) is 11.4 Å². The Hall–Kier alpha value is -1.81. The van der Waals surface area contributed by atoms with Crippen molar-refractivity contribution in [3.63, 3.8) is 0 Å². The molecule has 1 aromatic carbocycles. The van der Waals surface area contributed by atoms with Crippen molar-refractivity contribution in [1.82, 2.24) is 9.97 Å². The number of ether oxygens (including phenoxy) is 1. The van der Waals surface area contributed by atoms with Crippen LogP contribution in [0.4, 0.5) is 30.6 Å². The van der Waals surface area contributed by atoms with Gasteiger partial charge in [-0.15, -0.1) is 0 Å². The minimum Gasteiger partial charge on any atom is -0.394 e. The van der Waals surface area contributed by atoms with Gasteiger partial charge >= 0.3 is 6.18 Å². The molecule has 0 bridgehead atoms. The summed E-state index contributed by atoms with van der Waals surface area (Å²) in [4.78, 5) is 7.56. The Morgan fingerprint density at radius 1 is 1.15 bits per heavy atom. The zero-order chi connectivity index (χ0) is 19.2. The van der Waals surface area contributed by atoms with Gasteiger partial charge in [0.2, 0.25) is 5.95 Å². The molecule has 3 N–H and O–H groups in total. The molecule has 0 saturated heterocycles. The van der Waals surface area contributed by atoms with Gasteiger partial charge < -0.3 is 20.5 Å². The third kappa shape index (κ3) is 5.87. The van der Waals surface area contributed by atoms with Gasteiger partial charge in [-0.1, -0.05) is 23.2 Å². The summed E-state index contributed by atoms with van der Waals surface area (Å²) in [6.45, 7) is 0.116. The van der Waals surface area contributed by atoms with E-state index in [1.165, 1.54) is 12.1 Å². The van der Waals surface area contributed by atoms with Gasteiger partial charge in [-0.2, -0.15) is 18.2 Å². The molecule has 26 heavy (non-hydrogen) atoms. The van der Waals surface area contributed by atoms with Gasteiger partial charge in [-0.05, 0) is 18.2 Å².